The van der Waals surface area contributed by atoms with E-state index in [9.17, 15) is 9.67 Å². The average molecular weight is 687 g/mol. The number of amidine groups is 1. The Bertz CT molecular complexity index is 2020. The van der Waals surface area contributed by atoms with E-state index in [0.29, 0.717) is 34.7 Å². The molecule has 11 heteroatoms. The van der Waals surface area contributed by atoms with Crippen molar-refractivity contribution in [3.63, 3.8) is 0 Å². The lowest BCUT2D eigenvalue weighted by Crippen LogP contribution is -2.40. The Balaban J connectivity index is 1.42. The molecule has 0 bridgehead atoms. The molecule has 2 aromatic heterocycles. The molecular weight excluding hydrogens is 659 g/mol. The van der Waals surface area contributed by atoms with E-state index in [-0.39, 0.29) is 18.2 Å². The Labute approximate surface area is 279 Å². The first kappa shape index (κ1) is 30.4. The highest BCUT2D eigenvalue weighted by molar-refractivity contribution is 7.53. The van der Waals surface area contributed by atoms with Crippen molar-refractivity contribution < 1.29 is 23.5 Å². The van der Waals surface area contributed by atoms with Crippen LogP contribution in [0.4, 0.5) is 0 Å². The van der Waals surface area contributed by atoms with Crippen LogP contribution in [0.15, 0.2) is 119 Å². The first-order valence-corrected chi connectivity index (χ1v) is 18.0. The van der Waals surface area contributed by atoms with Crippen LogP contribution in [-0.2, 0) is 17.5 Å². The fourth-order valence-electron chi connectivity index (χ4n) is 5.57. The number of hydrogen-bond acceptors (Lipinski definition) is 7. The standard InChI is InChI=1S/C35H28ClN2O5PS2/c1-41-29-21-27-23(19-28(29)39)20-33(37-44(40,42-24-11-4-2-5-12-24)43-25-13-6-3-7-14-25)38(35(27)31-17-10-18-45-31)22-32-34(36)26-15-8-9-16-30(26)46-32/h2-19,21,35,39H,20,22H2,1H3/b37-33-. The number of nitrogens with zero attached hydrogens (tertiary/aromatic N) is 2. The van der Waals surface area contributed by atoms with Crippen LogP contribution in [0.5, 0.6) is 23.0 Å². The van der Waals surface area contributed by atoms with Crippen molar-refractivity contribution in [3.8, 4) is 23.0 Å². The van der Waals surface area contributed by atoms with Crippen LogP contribution >= 0.6 is 42.0 Å². The number of phenolic OH excluding ortho intramolecular Hbond substituents is 1. The van der Waals surface area contributed by atoms with Gasteiger partial charge in [-0.3, -0.25) is 0 Å². The minimum Gasteiger partial charge on any atom is -0.504 e. The third-order valence-electron chi connectivity index (χ3n) is 7.62. The normalized spacial score (nSPS) is 15.6. The molecule has 0 fully saturated rings. The number of phenols is 1. The molecule has 1 unspecified atom stereocenters. The summed E-state index contributed by atoms with van der Waals surface area (Å²) in [6.45, 7) is 0.374. The van der Waals surface area contributed by atoms with Gasteiger partial charge in [-0.15, -0.1) is 27.4 Å². The molecule has 0 radical (unpaired) electrons. The van der Waals surface area contributed by atoms with Crippen LogP contribution in [0.25, 0.3) is 10.1 Å². The van der Waals surface area contributed by atoms with Crippen LogP contribution in [-0.4, -0.2) is 23.0 Å². The predicted molar refractivity (Wildman–Crippen MR) is 186 cm³/mol. The maximum Gasteiger partial charge on any atom is 0.564 e. The van der Waals surface area contributed by atoms with Gasteiger partial charge in [-0.05, 0) is 65.0 Å². The summed E-state index contributed by atoms with van der Waals surface area (Å²) in [6, 6.07) is 33.0. The summed E-state index contributed by atoms with van der Waals surface area (Å²) < 4.78 is 38.4. The molecule has 0 amide bonds. The third-order valence-corrected chi connectivity index (χ3v) is 11.6. The summed E-state index contributed by atoms with van der Waals surface area (Å²) in [5.74, 6) is 1.57. The molecule has 1 atom stereocenters. The van der Waals surface area contributed by atoms with E-state index in [0.717, 1.165) is 31.0 Å². The smallest absolute Gasteiger partial charge is 0.504 e. The zero-order valence-corrected chi connectivity index (χ0v) is 27.9. The monoisotopic (exact) mass is 686 g/mol. The number of hydrogen-bond donors (Lipinski definition) is 1. The summed E-state index contributed by atoms with van der Waals surface area (Å²) in [4.78, 5) is 4.08. The predicted octanol–water partition coefficient (Wildman–Crippen LogP) is 10.1. The molecule has 7 nitrogen and oxygen atoms in total. The number of aromatic hydroxyl groups is 1. The van der Waals surface area contributed by atoms with Gasteiger partial charge in [-0.1, -0.05) is 72.3 Å². The minimum absolute atomic E-state index is 0.00999. The van der Waals surface area contributed by atoms with E-state index >= 15 is 0 Å². The van der Waals surface area contributed by atoms with Crippen LogP contribution in [0.1, 0.15) is 26.9 Å². The highest BCUT2D eigenvalue weighted by Gasteiger charge is 2.38. The van der Waals surface area contributed by atoms with Crippen molar-refractivity contribution in [1.29, 1.82) is 0 Å². The Morgan fingerprint density at radius 3 is 2.24 bits per heavy atom. The zero-order valence-electron chi connectivity index (χ0n) is 24.6. The van der Waals surface area contributed by atoms with Crippen LogP contribution in [0.3, 0.4) is 0 Å². The number of para-hydroxylation sites is 2. The van der Waals surface area contributed by atoms with E-state index in [1.807, 2.05) is 47.8 Å². The molecule has 4 aromatic carbocycles. The lowest BCUT2D eigenvalue weighted by atomic mass is 9.90. The molecule has 0 saturated heterocycles. The van der Waals surface area contributed by atoms with Gasteiger partial charge in [0.05, 0.1) is 24.7 Å². The second-order valence-corrected chi connectivity index (χ2v) is 14.6. The molecule has 0 saturated carbocycles. The molecule has 7 rings (SSSR count). The van der Waals surface area contributed by atoms with E-state index < -0.39 is 7.75 Å². The fraction of sp³-hybridized carbons (Fsp3) is 0.114. The SMILES string of the molecule is COc1cc2c(cc1O)C/C(=N/P(=O)(Oc1ccccc1)Oc1ccccc1)N(Cc1sc3ccccc3c1Cl)C2c1cccs1. The van der Waals surface area contributed by atoms with Crippen LogP contribution < -0.4 is 13.8 Å². The van der Waals surface area contributed by atoms with E-state index in [1.165, 1.54) is 7.11 Å². The van der Waals surface area contributed by atoms with Crippen molar-refractivity contribution in [2.45, 2.75) is 19.0 Å². The summed E-state index contributed by atoms with van der Waals surface area (Å²) in [7, 11) is -2.69. The summed E-state index contributed by atoms with van der Waals surface area (Å²) in [5, 5.41) is 14.5. The molecule has 1 aliphatic heterocycles. The summed E-state index contributed by atoms with van der Waals surface area (Å²) >= 11 is 10.2. The van der Waals surface area contributed by atoms with E-state index in [2.05, 4.69) is 17.0 Å². The molecule has 1 aliphatic rings. The van der Waals surface area contributed by atoms with E-state index in [4.69, 9.17) is 30.1 Å². The van der Waals surface area contributed by atoms with E-state index in [1.54, 1.807) is 77.3 Å². The highest BCUT2D eigenvalue weighted by Crippen LogP contribution is 2.52. The van der Waals surface area contributed by atoms with Crippen molar-refractivity contribution in [2.75, 3.05) is 7.11 Å². The van der Waals surface area contributed by atoms with Gasteiger partial charge >= 0.3 is 7.75 Å². The van der Waals surface area contributed by atoms with Gasteiger partial charge in [0, 0.05) is 26.3 Å². The number of thiophene rings is 2. The third kappa shape index (κ3) is 6.11. The Morgan fingerprint density at radius 2 is 1.61 bits per heavy atom. The fourth-order valence-corrected chi connectivity index (χ4v) is 9.28. The first-order chi connectivity index (χ1) is 22.4. The van der Waals surface area contributed by atoms with Gasteiger partial charge in [0.2, 0.25) is 0 Å². The second kappa shape index (κ2) is 12.9. The quantitative estimate of drug-likeness (QED) is 0.153. The number of benzene rings is 4. The van der Waals surface area contributed by atoms with Gasteiger partial charge in [-0.25, -0.2) is 4.57 Å². The number of methoxy groups -OCH3 is 1. The minimum atomic E-state index is -4.22. The molecule has 3 heterocycles. The summed E-state index contributed by atoms with van der Waals surface area (Å²) in [5.41, 5.74) is 1.76. The van der Waals surface area contributed by atoms with Crippen LogP contribution in [0, 0.1) is 0 Å². The summed E-state index contributed by atoms with van der Waals surface area (Å²) in [6.07, 6.45) is 0.248. The molecule has 0 aliphatic carbocycles. The average Bonchev–Trinajstić information content (AvgIpc) is 3.70. The number of rotatable bonds is 9. The molecule has 1 N–H and O–H groups in total. The number of ether oxygens (including phenoxy) is 1. The Morgan fingerprint density at radius 1 is 0.935 bits per heavy atom. The largest absolute Gasteiger partial charge is 0.564 e. The van der Waals surface area contributed by atoms with Crippen molar-refractivity contribution >= 4 is 57.9 Å². The molecule has 46 heavy (non-hydrogen) atoms. The lowest BCUT2D eigenvalue weighted by molar-refractivity contribution is 0.331. The highest BCUT2D eigenvalue weighted by atomic mass is 35.5. The van der Waals surface area contributed by atoms with Gasteiger partial charge in [-0.2, -0.15) is 0 Å². The van der Waals surface area contributed by atoms with Crippen molar-refractivity contribution in [2.24, 2.45) is 4.76 Å². The first-order valence-electron chi connectivity index (χ1n) is 14.4. The molecular formula is C35H28ClN2O5PS2. The number of halogens is 1. The van der Waals surface area contributed by atoms with Gasteiger partial charge in [0.15, 0.2) is 11.5 Å². The molecule has 0 spiro atoms. The molecule has 232 valence electrons. The molecule has 6 aromatic rings. The Kier molecular flexibility index (Phi) is 8.49. The van der Waals surface area contributed by atoms with Crippen LogP contribution in [0.2, 0.25) is 5.02 Å². The Hall–Kier alpha value is -4.27. The zero-order chi connectivity index (χ0) is 31.7. The van der Waals surface area contributed by atoms with Gasteiger partial charge in [0.1, 0.15) is 17.3 Å². The lowest BCUT2D eigenvalue weighted by Gasteiger charge is -2.39. The van der Waals surface area contributed by atoms with Gasteiger partial charge in [0.25, 0.3) is 0 Å². The second-order valence-electron chi connectivity index (χ2n) is 10.6. The number of fused-ring (bicyclic) bond motifs is 2. The van der Waals surface area contributed by atoms with Crippen molar-refractivity contribution in [1.82, 2.24) is 4.90 Å². The maximum atomic E-state index is 14.7. The van der Waals surface area contributed by atoms with Crippen molar-refractivity contribution in [3.05, 3.63) is 140 Å². The van der Waals surface area contributed by atoms with Gasteiger partial charge < -0.3 is 23.8 Å². The maximum absolute atomic E-state index is 14.7. The topological polar surface area (TPSA) is 80.6 Å².